The topological polar surface area (TPSA) is 81.5 Å². The number of carbonyl (C=O) groups excluding carboxylic acids is 1. The minimum atomic E-state index is -0.523. The molecule has 1 fully saturated rings. The van der Waals surface area contributed by atoms with Crippen molar-refractivity contribution in [3.63, 3.8) is 0 Å². The third kappa shape index (κ3) is 3.30. The zero-order valence-electron chi connectivity index (χ0n) is 10.1. The van der Waals surface area contributed by atoms with Crippen LogP contribution in [0.4, 0.5) is 5.69 Å². The number of halogens is 1. The third-order valence-electron chi connectivity index (χ3n) is 2.92. The van der Waals surface area contributed by atoms with Gasteiger partial charge in [-0.3, -0.25) is 14.9 Å². The quantitative estimate of drug-likeness (QED) is 0.681. The molecule has 0 bridgehead atoms. The lowest BCUT2D eigenvalue weighted by molar-refractivity contribution is -0.385. The van der Waals surface area contributed by atoms with Crippen molar-refractivity contribution in [1.29, 1.82) is 0 Å². The van der Waals surface area contributed by atoms with Crippen LogP contribution in [0.1, 0.15) is 23.2 Å². The van der Waals surface area contributed by atoms with E-state index in [4.69, 9.17) is 4.74 Å². The lowest BCUT2D eigenvalue weighted by Crippen LogP contribution is -2.40. The number of carbonyl (C=O) groups is 1. The van der Waals surface area contributed by atoms with Crippen LogP contribution in [0.3, 0.4) is 0 Å². The van der Waals surface area contributed by atoms with Crippen molar-refractivity contribution >= 4 is 27.5 Å². The number of nitro groups is 1. The summed E-state index contributed by atoms with van der Waals surface area (Å²) in [5.41, 5.74) is 0.146. The Morgan fingerprint density at radius 3 is 2.95 bits per heavy atom. The predicted octanol–water partition coefficient (Wildman–Crippen LogP) is 2.27. The van der Waals surface area contributed by atoms with Gasteiger partial charge in [0, 0.05) is 12.7 Å². The highest BCUT2D eigenvalue weighted by molar-refractivity contribution is 9.10. The van der Waals surface area contributed by atoms with Gasteiger partial charge in [0.1, 0.15) is 4.47 Å². The Kier molecular flexibility index (Phi) is 4.49. The molecule has 1 aromatic carbocycles. The van der Waals surface area contributed by atoms with Crippen LogP contribution >= 0.6 is 15.9 Å². The van der Waals surface area contributed by atoms with Crippen LogP contribution < -0.4 is 5.32 Å². The molecule has 0 aliphatic carbocycles. The Hall–Kier alpha value is -1.47. The molecule has 1 aromatic rings. The molecule has 1 amide bonds. The van der Waals surface area contributed by atoms with Crippen LogP contribution in [0.5, 0.6) is 0 Å². The Labute approximate surface area is 118 Å². The average molecular weight is 329 g/mol. The predicted molar refractivity (Wildman–Crippen MR) is 72.1 cm³/mol. The standard InChI is InChI=1S/C12H13BrN2O4/c13-11-9(4-1-5-10(11)15(17)18)12(16)14-8-3-2-6-19-7-8/h1,4-5,8H,2-3,6-7H2,(H,14,16). The van der Waals surface area contributed by atoms with E-state index >= 15 is 0 Å². The summed E-state index contributed by atoms with van der Waals surface area (Å²) in [6.45, 7) is 1.20. The molecule has 0 radical (unpaired) electrons. The summed E-state index contributed by atoms with van der Waals surface area (Å²) in [4.78, 5) is 22.4. The van der Waals surface area contributed by atoms with E-state index in [1.165, 1.54) is 12.1 Å². The van der Waals surface area contributed by atoms with Crippen molar-refractivity contribution in [1.82, 2.24) is 5.32 Å². The van der Waals surface area contributed by atoms with Crippen molar-refractivity contribution in [3.8, 4) is 0 Å². The molecule has 6 nitrogen and oxygen atoms in total. The van der Waals surface area contributed by atoms with Crippen molar-refractivity contribution in [2.75, 3.05) is 13.2 Å². The first-order valence-corrected chi connectivity index (χ1v) is 6.70. The highest BCUT2D eigenvalue weighted by Crippen LogP contribution is 2.28. The Morgan fingerprint density at radius 2 is 2.32 bits per heavy atom. The number of benzene rings is 1. The molecular weight excluding hydrogens is 316 g/mol. The highest BCUT2D eigenvalue weighted by atomic mass is 79.9. The van der Waals surface area contributed by atoms with Crippen molar-refractivity contribution in [3.05, 3.63) is 38.3 Å². The second kappa shape index (κ2) is 6.12. The van der Waals surface area contributed by atoms with E-state index in [1.807, 2.05) is 0 Å². The van der Waals surface area contributed by atoms with Gasteiger partial charge >= 0.3 is 0 Å². The molecule has 1 N–H and O–H groups in total. The molecule has 2 rings (SSSR count). The molecule has 1 heterocycles. The van der Waals surface area contributed by atoms with E-state index in [0.29, 0.717) is 13.2 Å². The molecule has 0 aromatic heterocycles. The van der Waals surface area contributed by atoms with E-state index in [-0.39, 0.29) is 27.7 Å². The van der Waals surface area contributed by atoms with Gasteiger partial charge in [-0.25, -0.2) is 0 Å². The number of hydrogen-bond donors (Lipinski definition) is 1. The van der Waals surface area contributed by atoms with E-state index in [2.05, 4.69) is 21.2 Å². The Morgan fingerprint density at radius 1 is 1.53 bits per heavy atom. The molecule has 1 unspecified atom stereocenters. The molecule has 19 heavy (non-hydrogen) atoms. The number of nitrogens with zero attached hydrogens (tertiary/aromatic N) is 1. The first-order valence-electron chi connectivity index (χ1n) is 5.91. The molecule has 1 aliphatic heterocycles. The SMILES string of the molecule is O=C(NC1CCCOC1)c1cccc([N+](=O)[O-])c1Br. The van der Waals surface area contributed by atoms with E-state index in [0.717, 1.165) is 12.8 Å². The van der Waals surface area contributed by atoms with Gasteiger partial charge in [-0.1, -0.05) is 6.07 Å². The van der Waals surface area contributed by atoms with Crippen molar-refractivity contribution in [2.45, 2.75) is 18.9 Å². The maximum Gasteiger partial charge on any atom is 0.284 e. The Balaban J connectivity index is 2.14. The number of nitro benzene ring substituents is 1. The van der Waals surface area contributed by atoms with Gasteiger partial charge in [0.05, 0.1) is 23.1 Å². The van der Waals surface area contributed by atoms with Crippen LogP contribution in [0, 0.1) is 10.1 Å². The largest absolute Gasteiger partial charge is 0.379 e. The fraction of sp³-hybridized carbons (Fsp3) is 0.417. The average Bonchev–Trinajstić information content (AvgIpc) is 2.39. The molecule has 0 spiro atoms. The zero-order chi connectivity index (χ0) is 13.8. The fourth-order valence-corrected chi connectivity index (χ4v) is 2.54. The normalized spacial score (nSPS) is 18.9. The monoisotopic (exact) mass is 328 g/mol. The van der Waals surface area contributed by atoms with Crippen LogP contribution in [-0.2, 0) is 4.74 Å². The van der Waals surface area contributed by atoms with E-state index < -0.39 is 4.92 Å². The number of ether oxygens (including phenoxy) is 1. The van der Waals surface area contributed by atoms with Gasteiger partial charge in [0.2, 0.25) is 0 Å². The minimum Gasteiger partial charge on any atom is -0.379 e. The molecule has 1 saturated heterocycles. The summed E-state index contributed by atoms with van der Waals surface area (Å²) in [5.74, 6) is -0.328. The molecular formula is C12H13BrN2O4. The molecule has 102 valence electrons. The lowest BCUT2D eigenvalue weighted by atomic mass is 10.1. The van der Waals surface area contributed by atoms with Gasteiger partial charge in [-0.05, 0) is 34.8 Å². The summed E-state index contributed by atoms with van der Waals surface area (Å²) < 4.78 is 5.48. The minimum absolute atomic E-state index is 0.0348. The van der Waals surface area contributed by atoms with Crippen LogP contribution in [-0.4, -0.2) is 30.1 Å². The van der Waals surface area contributed by atoms with E-state index in [1.54, 1.807) is 6.07 Å². The van der Waals surface area contributed by atoms with E-state index in [9.17, 15) is 14.9 Å². The van der Waals surface area contributed by atoms with Gasteiger partial charge < -0.3 is 10.1 Å². The van der Waals surface area contributed by atoms with Crippen LogP contribution in [0.15, 0.2) is 22.7 Å². The molecule has 1 aliphatic rings. The fourth-order valence-electron chi connectivity index (χ4n) is 1.95. The highest BCUT2D eigenvalue weighted by Gasteiger charge is 2.22. The van der Waals surface area contributed by atoms with Crippen molar-refractivity contribution < 1.29 is 14.5 Å². The van der Waals surface area contributed by atoms with Gasteiger partial charge in [0.25, 0.3) is 11.6 Å². The summed E-state index contributed by atoms with van der Waals surface area (Å²) >= 11 is 3.11. The zero-order valence-corrected chi connectivity index (χ0v) is 11.7. The maximum absolute atomic E-state index is 12.1. The first kappa shape index (κ1) is 14.0. The number of rotatable bonds is 3. The number of amides is 1. The Bertz CT molecular complexity index is 501. The summed E-state index contributed by atoms with van der Waals surface area (Å²) in [6.07, 6.45) is 1.76. The first-order chi connectivity index (χ1) is 9.09. The molecule has 7 heteroatoms. The molecule has 0 saturated carbocycles. The maximum atomic E-state index is 12.1. The summed E-state index contributed by atoms with van der Waals surface area (Å²) in [5, 5.41) is 13.6. The summed E-state index contributed by atoms with van der Waals surface area (Å²) in [6, 6.07) is 4.36. The van der Waals surface area contributed by atoms with Gasteiger partial charge in [-0.15, -0.1) is 0 Å². The second-order valence-electron chi connectivity index (χ2n) is 4.28. The number of hydrogen-bond acceptors (Lipinski definition) is 4. The smallest absolute Gasteiger partial charge is 0.284 e. The van der Waals surface area contributed by atoms with Crippen LogP contribution in [0.25, 0.3) is 0 Å². The number of nitrogens with one attached hydrogen (secondary N) is 1. The van der Waals surface area contributed by atoms with Crippen molar-refractivity contribution in [2.24, 2.45) is 0 Å². The van der Waals surface area contributed by atoms with Gasteiger partial charge in [0.15, 0.2) is 0 Å². The molecule has 1 atom stereocenters. The van der Waals surface area contributed by atoms with Gasteiger partial charge in [-0.2, -0.15) is 0 Å². The summed E-state index contributed by atoms with van der Waals surface area (Å²) in [7, 11) is 0. The second-order valence-corrected chi connectivity index (χ2v) is 5.08. The lowest BCUT2D eigenvalue weighted by Gasteiger charge is -2.23. The van der Waals surface area contributed by atoms with Crippen LogP contribution in [0.2, 0.25) is 0 Å². The third-order valence-corrected chi connectivity index (χ3v) is 3.75.